The lowest BCUT2D eigenvalue weighted by atomic mass is 9.95. The molecule has 1 N–H and O–H groups in total. The smallest absolute Gasteiger partial charge is 0.251 e. The Morgan fingerprint density at radius 1 is 1.13 bits per heavy atom. The first-order valence-corrected chi connectivity index (χ1v) is 11.3. The van der Waals surface area contributed by atoms with E-state index in [0.29, 0.717) is 18.7 Å². The van der Waals surface area contributed by atoms with Crippen molar-refractivity contribution in [2.24, 2.45) is 0 Å². The molecule has 1 atom stereocenters. The van der Waals surface area contributed by atoms with E-state index in [1.807, 2.05) is 31.2 Å². The van der Waals surface area contributed by atoms with E-state index < -0.39 is 0 Å². The van der Waals surface area contributed by atoms with Gasteiger partial charge in [-0.3, -0.25) is 9.69 Å². The fourth-order valence-electron chi connectivity index (χ4n) is 4.52. The minimum Gasteiger partial charge on any atom is -0.494 e. The van der Waals surface area contributed by atoms with Crippen molar-refractivity contribution in [1.82, 2.24) is 10.2 Å². The summed E-state index contributed by atoms with van der Waals surface area (Å²) >= 11 is 0. The van der Waals surface area contributed by atoms with Crippen LogP contribution in [0.15, 0.2) is 42.5 Å². The first kappa shape index (κ1) is 21.7. The number of hydrogen-bond acceptors (Lipinski definition) is 5. The molecule has 0 saturated carbocycles. The predicted molar refractivity (Wildman–Crippen MR) is 123 cm³/mol. The Hall–Kier alpha value is -2.57. The van der Waals surface area contributed by atoms with E-state index in [-0.39, 0.29) is 11.9 Å². The van der Waals surface area contributed by atoms with Crippen LogP contribution >= 0.6 is 0 Å². The number of fused-ring (bicyclic) bond motifs is 1. The van der Waals surface area contributed by atoms with Crippen LogP contribution in [0.1, 0.15) is 40.9 Å². The molecule has 0 spiro atoms. The van der Waals surface area contributed by atoms with Crippen LogP contribution in [0.25, 0.3) is 0 Å². The molecule has 0 aromatic heterocycles. The molecule has 2 aliphatic heterocycles. The van der Waals surface area contributed by atoms with Crippen LogP contribution < -0.4 is 15.0 Å². The largest absolute Gasteiger partial charge is 0.494 e. The van der Waals surface area contributed by atoms with Crippen molar-refractivity contribution in [3.8, 4) is 5.75 Å². The van der Waals surface area contributed by atoms with E-state index in [4.69, 9.17) is 9.47 Å². The second-order valence-electron chi connectivity index (χ2n) is 8.24. The molecule has 1 amide bonds. The van der Waals surface area contributed by atoms with Crippen molar-refractivity contribution in [2.75, 3.05) is 57.9 Å². The van der Waals surface area contributed by atoms with Crippen LogP contribution in [0.4, 0.5) is 5.69 Å². The van der Waals surface area contributed by atoms with Gasteiger partial charge in [0.2, 0.25) is 0 Å². The SMILES string of the molecule is CCOc1ccc(C(=O)NC[C@@H](c2ccc3c(c2)CCCN3C)N2CCOCC2)cc1. The van der Waals surface area contributed by atoms with E-state index in [1.165, 1.54) is 23.2 Å². The van der Waals surface area contributed by atoms with Gasteiger partial charge in [-0.1, -0.05) is 12.1 Å². The average Bonchev–Trinajstić information content (AvgIpc) is 2.80. The van der Waals surface area contributed by atoms with E-state index in [0.717, 1.165) is 45.0 Å². The van der Waals surface area contributed by atoms with Crippen LogP contribution in [0.2, 0.25) is 0 Å². The van der Waals surface area contributed by atoms with Crippen LogP contribution in [0.3, 0.4) is 0 Å². The maximum Gasteiger partial charge on any atom is 0.251 e. The van der Waals surface area contributed by atoms with Crippen molar-refractivity contribution in [2.45, 2.75) is 25.8 Å². The standard InChI is InChI=1S/C25H33N3O3/c1-3-31-22-9-6-19(7-10-22)25(29)26-18-24(28-13-15-30-16-14-28)21-8-11-23-20(17-21)5-4-12-27(23)2/h6-11,17,24H,3-5,12-16,18H2,1-2H3,(H,26,29)/t24-/m0/s1. The van der Waals surface area contributed by atoms with Gasteiger partial charge in [-0.15, -0.1) is 0 Å². The molecule has 0 bridgehead atoms. The summed E-state index contributed by atoms with van der Waals surface area (Å²) in [5.74, 6) is 0.725. The molecular weight excluding hydrogens is 390 g/mol. The highest BCUT2D eigenvalue weighted by Crippen LogP contribution is 2.31. The third-order valence-electron chi connectivity index (χ3n) is 6.21. The lowest BCUT2D eigenvalue weighted by Gasteiger charge is -2.36. The summed E-state index contributed by atoms with van der Waals surface area (Å²) in [4.78, 5) is 17.6. The quantitative estimate of drug-likeness (QED) is 0.741. The highest BCUT2D eigenvalue weighted by Gasteiger charge is 2.25. The zero-order valence-corrected chi connectivity index (χ0v) is 18.6. The highest BCUT2D eigenvalue weighted by atomic mass is 16.5. The average molecular weight is 424 g/mol. The summed E-state index contributed by atoms with van der Waals surface area (Å²) in [7, 11) is 2.16. The monoisotopic (exact) mass is 423 g/mol. The molecule has 31 heavy (non-hydrogen) atoms. The van der Waals surface area contributed by atoms with Gasteiger partial charge in [0.15, 0.2) is 0 Å². The van der Waals surface area contributed by atoms with Crippen molar-refractivity contribution in [3.05, 3.63) is 59.2 Å². The van der Waals surface area contributed by atoms with Gasteiger partial charge in [0.1, 0.15) is 5.75 Å². The zero-order valence-electron chi connectivity index (χ0n) is 18.6. The number of aryl methyl sites for hydroxylation is 1. The number of carbonyl (C=O) groups is 1. The number of anilines is 1. The highest BCUT2D eigenvalue weighted by molar-refractivity contribution is 5.94. The van der Waals surface area contributed by atoms with E-state index >= 15 is 0 Å². The molecule has 2 aromatic rings. The molecule has 0 radical (unpaired) electrons. The molecule has 1 saturated heterocycles. The number of ether oxygens (including phenoxy) is 2. The number of hydrogen-bond donors (Lipinski definition) is 1. The second-order valence-corrected chi connectivity index (χ2v) is 8.24. The summed E-state index contributed by atoms with van der Waals surface area (Å²) < 4.78 is 11.0. The summed E-state index contributed by atoms with van der Waals surface area (Å²) in [5, 5.41) is 3.16. The second kappa shape index (κ2) is 10.2. The Morgan fingerprint density at radius 2 is 1.90 bits per heavy atom. The van der Waals surface area contributed by atoms with Crippen LogP contribution in [0.5, 0.6) is 5.75 Å². The minimum absolute atomic E-state index is 0.0565. The maximum atomic E-state index is 12.8. The number of rotatable bonds is 7. The minimum atomic E-state index is -0.0565. The molecule has 6 heteroatoms. The Bertz CT molecular complexity index is 878. The number of nitrogens with zero attached hydrogens (tertiary/aromatic N) is 2. The van der Waals surface area contributed by atoms with E-state index in [2.05, 4.69) is 40.4 Å². The summed E-state index contributed by atoms with van der Waals surface area (Å²) in [5.41, 5.74) is 4.65. The number of carbonyl (C=O) groups excluding carboxylic acids is 1. The Morgan fingerprint density at radius 3 is 2.65 bits per heavy atom. The fourth-order valence-corrected chi connectivity index (χ4v) is 4.52. The number of nitrogens with one attached hydrogen (secondary N) is 1. The van der Waals surface area contributed by atoms with Gasteiger partial charge in [0.25, 0.3) is 5.91 Å². The van der Waals surface area contributed by atoms with Gasteiger partial charge in [-0.25, -0.2) is 0 Å². The number of benzene rings is 2. The summed E-state index contributed by atoms with van der Waals surface area (Å²) in [6, 6.07) is 14.3. The van der Waals surface area contributed by atoms with Gasteiger partial charge < -0.3 is 19.7 Å². The third kappa shape index (κ3) is 5.20. The molecule has 6 nitrogen and oxygen atoms in total. The van der Waals surface area contributed by atoms with Gasteiger partial charge in [0, 0.05) is 44.5 Å². The molecule has 2 aromatic carbocycles. The first-order chi connectivity index (χ1) is 15.2. The van der Waals surface area contributed by atoms with Crippen molar-refractivity contribution in [3.63, 3.8) is 0 Å². The maximum absolute atomic E-state index is 12.8. The molecule has 166 valence electrons. The fraction of sp³-hybridized carbons (Fsp3) is 0.480. The van der Waals surface area contributed by atoms with E-state index in [1.54, 1.807) is 0 Å². The third-order valence-corrected chi connectivity index (χ3v) is 6.21. The Balaban J connectivity index is 1.50. The van der Waals surface area contributed by atoms with Gasteiger partial charge in [-0.05, 0) is 61.2 Å². The summed E-state index contributed by atoms with van der Waals surface area (Å²) in [6.07, 6.45) is 2.30. The molecule has 2 heterocycles. The van der Waals surface area contributed by atoms with E-state index in [9.17, 15) is 4.79 Å². The van der Waals surface area contributed by atoms with Crippen LogP contribution in [0, 0.1) is 0 Å². The lowest BCUT2D eigenvalue weighted by Crippen LogP contribution is -2.44. The summed E-state index contributed by atoms with van der Waals surface area (Å²) in [6.45, 7) is 7.46. The van der Waals surface area contributed by atoms with Crippen LogP contribution in [-0.4, -0.2) is 63.9 Å². The Labute approximate surface area is 185 Å². The molecule has 2 aliphatic rings. The van der Waals surface area contributed by atoms with Crippen LogP contribution in [-0.2, 0) is 11.2 Å². The zero-order chi connectivity index (χ0) is 21.6. The Kier molecular flexibility index (Phi) is 7.10. The number of morpholine rings is 1. The van der Waals surface area contributed by atoms with Gasteiger partial charge in [-0.2, -0.15) is 0 Å². The van der Waals surface area contributed by atoms with Crippen molar-refractivity contribution in [1.29, 1.82) is 0 Å². The normalized spacial score (nSPS) is 17.7. The number of amides is 1. The van der Waals surface area contributed by atoms with Gasteiger partial charge >= 0.3 is 0 Å². The molecular formula is C25H33N3O3. The molecule has 0 aliphatic carbocycles. The van der Waals surface area contributed by atoms with Crippen molar-refractivity contribution >= 4 is 11.6 Å². The lowest BCUT2D eigenvalue weighted by molar-refractivity contribution is 0.0162. The topological polar surface area (TPSA) is 54.0 Å². The molecule has 4 rings (SSSR count). The first-order valence-electron chi connectivity index (χ1n) is 11.3. The van der Waals surface area contributed by atoms with Crippen molar-refractivity contribution < 1.29 is 14.3 Å². The molecule has 1 fully saturated rings. The van der Waals surface area contributed by atoms with Gasteiger partial charge in [0.05, 0.1) is 25.9 Å². The predicted octanol–water partition coefficient (Wildman–Crippen LogP) is 3.27. The molecule has 0 unspecified atom stereocenters.